The van der Waals surface area contributed by atoms with E-state index >= 15 is 0 Å². The molecule has 27 heavy (non-hydrogen) atoms. The number of nitrogens with zero attached hydrogens (tertiary/aromatic N) is 1. The highest BCUT2D eigenvalue weighted by atomic mass is 35.5. The maximum absolute atomic E-state index is 12.8. The number of morpholine rings is 1. The average molecular weight is 413 g/mol. The molecule has 0 spiro atoms. The van der Waals surface area contributed by atoms with Gasteiger partial charge in [-0.3, -0.25) is 14.4 Å². The summed E-state index contributed by atoms with van der Waals surface area (Å²) in [5.41, 5.74) is 0.0725. The molecule has 1 saturated heterocycles. The Kier molecular flexibility index (Phi) is 6.14. The van der Waals surface area contributed by atoms with Crippen molar-refractivity contribution < 1.29 is 23.9 Å². The molecule has 0 radical (unpaired) electrons. The van der Waals surface area contributed by atoms with Crippen molar-refractivity contribution in [3.63, 3.8) is 0 Å². The van der Waals surface area contributed by atoms with Crippen LogP contribution >= 0.6 is 23.2 Å². The summed E-state index contributed by atoms with van der Waals surface area (Å²) in [7, 11) is 0. The lowest BCUT2D eigenvalue weighted by Crippen LogP contribution is -2.43. The van der Waals surface area contributed by atoms with Crippen LogP contribution in [0.2, 0.25) is 10.0 Å². The van der Waals surface area contributed by atoms with Crippen molar-refractivity contribution in [1.82, 2.24) is 4.90 Å². The Balaban J connectivity index is 1.86. The second-order valence-corrected chi connectivity index (χ2v) is 7.18. The smallest absolute Gasteiger partial charge is 0.322 e. The molecule has 2 fully saturated rings. The third-order valence-corrected chi connectivity index (χ3v) is 5.35. The topological polar surface area (TPSA) is 92.8 Å². The van der Waals surface area contributed by atoms with Gasteiger partial charge in [0.05, 0.1) is 28.9 Å². The minimum absolute atomic E-state index is 0.00746. The van der Waals surface area contributed by atoms with E-state index in [0.29, 0.717) is 32.7 Å². The van der Waals surface area contributed by atoms with Crippen LogP contribution in [0.3, 0.4) is 0 Å². The molecule has 1 N–H and O–H groups in total. The predicted octanol–water partition coefficient (Wildman–Crippen LogP) is 2.98. The van der Waals surface area contributed by atoms with Gasteiger partial charge < -0.3 is 15.0 Å². The molecule has 2 amide bonds. The summed E-state index contributed by atoms with van der Waals surface area (Å²) >= 11 is 12.5. The number of ether oxygens (including phenoxy) is 1. The molecule has 0 atom stereocenters. The van der Waals surface area contributed by atoms with E-state index < -0.39 is 29.3 Å². The summed E-state index contributed by atoms with van der Waals surface area (Å²) in [6, 6.07) is 2.36. The van der Waals surface area contributed by atoms with Crippen LogP contribution in [0.5, 0.6) is 0 Å². The molecular formula is C18H18Cl2N2O5. The van der Waals surface area contributed by atoms with Gasteiger partial charge in [0.15, 0.2) is 17.3 Å². The van der Waals surface area contributed by atoms with Crippen molar-refractivity contribution in [3.8, 4) is 0 Å². The molecular weight excluding hydrogens is 395 g/mol. The second kappa shape index (κ2) is 8.37. The Hall–Kier alpha value is -1.96. The standard InChI is InChI=1S/C18H18Cl2N2O5/c19-11-5-4-10(17(25)14-12(23)2-1-3-13(14)24)15(20)16(11)21-18(26)22-6-8-27-9-7-22/h4-5,14H,1-3,6-9H2,(H,21,26). The first-order valence-electron chi connectivity index (χ1n) is 8.61. The fourth-order valence-corrected chi connectivity index (χ4v) is 3.72. The van der Waals surface area contributed by atoms with Gasteiger partial charge in [-0.15, -0.1) is 0 Å². The Morgan fingerprint density at radius 3 is 2.33 bits per heavy atom. The van der Waals surface area contributed by atoms with Gasteiger partial charge in [0.25, 0.3) is 0 Å². The van der Waals surface area contributed by atoms with Gasteiger partial charge in [0.1, 0.15) is 5.92 Å². The number of ketones is 3. The molecule has 2 aliphatic rings. The van der Waals surface area contributed by atoms with E-state index in [2.05, 4.69) is 5.32 Å². The van der Waals surface area contributed by atoms with Crippen molar-refractivity contribution in [1.29, 1.82) is 0 Å². The fraction of sp³-hybridized carbons (Fsp3) is 0.444. The number of amides is 2. The van der Waals surface area contributed by atoms with Crippen molar-refractivity contribution in [2.24, 2.45) is 5.92 Å². The number of benzene rings is 1. The summed E-state index contributed by atoms with van der Waals surface area (Å²) in [5, 5.41) is 2.68. The van der Waals surface area contributed by atoms with Crippen LogP contribution in [0, 0.1) is 5.92 Å². The van der Waals surface area contributed by atoms with E-state index in [1.54, 1.807) is 4.90 Å². The molecule has 3 rings (SSSR count). The van der Waals surface area contributed by atoms with Gasteiger partial charge >= 0.3 is 6.03 Å². The average Bonchev–Trinajstić information content (AvgIpc) is 2.65. The number of anilines is 1. The highest BCUT2D eigenvalue weighted by Crippen LogP contribution is 2.35. The third kappa shape index (κ3) is 4.15. The summed E-state index contributed by atoms with van der Waals surface area (Å²) in [4.78, 5) is 50.9. The quantitative estimate of drug-likeness (QED) is 0.608. The maximum atomic E-state index is 12.8. The van der Waals surface area contributed by atoms with E-state index in [1.807, 2.05) is 0 Å². The van der Waals surface area contributed by atoms with Crippen LogP contribution in [0.25, 0.3) is 0 Å². The number of halogens is 2. The van der Waals surface area contributed by atoms with Gasteiger partial charge in [-0.05, 0) is 18.6 Å². The van der Waals surface area contributed by atoms with Crippen molar-refractivity contribution >= 4 is 52.3 Å². The lowest BCUT2D eigenvalue weighted by molar-refractivity contribution is -0.133. The number of hydrogen-bond donors (Lipinski definition) is 1. The first-order chi connectivity index (χ1) is 12.9. The van der Waals surface area contributed by atoms with E-state index in [1.165, 1.54) is 12.1 Å². The predicted molar refractivity (Wildman–Crippen MR) is 99.6 cm³/mol. The normalized spacial score (nSPS) is 18.5. The zero-order chi connectivity index (χ0) is 19.6. The largest absolute Gasteiger partial charge is 0.378 e. The molecule has 144 valence electrons. The molecule has 0 unspecified atom stereocenters. The number of carbonyl (C=O) groups is 4. The Labute approximate surface area is 165 Å². The molecule has 7 nitrogen and oxygen atoms in total. The summed E-state index contributed by atoms with van der Waals surface area (Å²) in [5.74, 6) is -2.80. The van der Waals surface area contributed by atoms with Crippen LogP contribution in [-0.4, -0.2) is 54.6 Å². The van der Waals surface area contributed by atoms with E-state index in [9.17, 15) is 19.2 Å². The van der Waals surface area contributed by atoms with E-state index in [0.717, 1.165) is 0 Å². The number of Topliss-reactive ketones (excluding diaryl/α,β-unsaturated/α-hetero) is 3. The van der Waals surface area contributed by atoms with Crippen LogP contribution in [-0.2, 0) is 14.3 Å². The lowest BCUT2D eigenvalue weighted by atomic mass is 9.81. The summed E-state index contributed by atoms with van der Waals surface area (Å²) in [6.45, 7) is 1.70. The van der Waals surface area contributed by atoms with Crippen LogP contribution in [0.15, 0.2) is 12.1 Å². The molecule has 0 bridgehead atoms. The third-order valence-electron chi connectivity index (χ3n) is 4.64. The zero-order valence-corrected chi connectivity index (χ0v) is 15.9. The Morgan fingerprint density at radius 2 is 1.70 bits per heavy atom. The fourth-order valence-electron chi connectivity index (χ4n) is 3.16. The minimum atomic E-state index is -1.33. The van der Waals surface area contributed by atoms with E-state index in [-0.39, 0.29) is 34.1 Å². The van der Waals surface area contributed by atoms with Gasteiger partial charge in [-0.1, -0.05) is 23.2 Å². The van der Waals surface area contributed by atoms with Crippen LogP contribution < -0.4 is 5.32 Å². The lowest BCUT2D eigenvalue weighted by Gasteiger charge is -2.27. The molecule has 9 heteroatoms. The van der Waals surface area contributed by atoms with Gasteiger partial charge in [0.2, 0.25) is 0 Å². The maximum Gasteiger partial charge on any atom is 0.322 e. The molecule has 1 saturated carbocycles. The summed E-state index contributed by atoms with van der Waals surface area (Å²) < 4.78 is 5.20. The van der Waals surface area contributed by atoms with Crippen LogP contribution in [0.4, 0.5) is 10.5 Å². The monoisotopic (exact) mass is 412 g/mol. The Bertz CT molecular complexity index is 789. The highest BCUT2D eigenvalue weighted by molar-refractivity contribution is 6.42. The highest BCUT2D eigenvalue weighted by Gasteiger charge is 2.37. The summed E-state index contributed by atoms with van der Waals surface area (Å²) in [6.07, 6.45) is 0.832. The number of rotatable bonds is 3. The van der Waals surface area contributed by atoms with Crippen molar-refractivity contribution in [3.05, 3.63) is 27.7 Å². The van der Waals surface area contributed by atoms with Gasteiger partial charge in [-0.2, -0.15) is 0 Å². The first-order valence-corrected chi connectivity index (χ1v) is 9.37. The minimum Gasteiger partial charge on any atom is -0.378 e. The molecule has 1 aromatic carbocycles. The SMILES string of the molecule is O=C1CCCC(=O)C1C(=O)c1ccc(Cl)c(NC(=O)N2CCOCC2)c1Cl. The number of hydrogen-bond acceptors (Lipinski definition) is 5. The number of nitrogens with one attached hydrogen (secondary N) is 1. The number of carbonyl (C=O) groups excluding carboxylic acids is 4. The van der Waals surface area contributed by atoms with Gasteiger partial charge in [-0.25, -0.2) is 4.79 Å². The molecule has 1 heterocycles. The van der Waals surface area contributed by atoms with Crippen molar-refractivity contribution in [2.45, 2.75) is 19.3 Å². The van der Waals surface area contributed by atoms with Crippen LogP contribution in [0.1, 0.15) is 29.6 Å². The second-order valence-electron chi connectivity index (χ2n) is 6.40. The van der Waals surface area contributed by atoms with Gasteiger partial charge in [0, 0.05) is 31.5 Å². The first kappa shape index (κ1) is 19.8. The molecule has 1 aromatic rings. The van der Waals surface area contributed by atoms with E-state index in [4.69, 9.17) is 27.9 Å². The zero-order valence-electron chi connectivity index (χ0n) is 14.4. The Morgan fingerprint density at radius 1 is 1.07 bits per heavy atom. The van der Waals surface area contributed by atoms with Crippen molar-refractivity contribution in [2.75, 3.05) is 31.6 Å². The number of urea groups is 1. The molecule has 0 aromatic heterocycles. The molecule has 1 aliphatic heterocycles. The molecule has 1 aliphatic carbocycles.